The molecule has 4 nitrogen and oxygen atoms in total. The third-order valence-electron chi connectivity index (χ3n) is 3.03. The van der Waals surface area contributed by atoms with E-state index in [1.54, 1.807) is 6.92 Å². The molecule has 0 heterocycles. The fraction of sp³-hybridized carbons (Fsp3) is 0.909. The first-order chi connectivity index (χ1) is 7.27. The summed E-state index contributed by atoms with van der Waals surface area (Å²) in [4.78, 5) is 11.0. The molecule has 2 atom stereocenters. The molecule has 4 heteroatoms. The van der Waals surface area contributed by atoms with Crippen LogP contribution < -0.4 is 5.32 Å². The molecule has 2 unspecified atom stereocenters. The molecule has 1 rings (SSSR count). The Morgan fingerprint density at radius 1 is 1.47 bits per heavy atom. The van der Waals surface area contributed by atoms with Gasteiger partial charge in [-0.25, -0.2) is 0 Å². The minimum absolute atomic E-state index is 0.198. The molecule has 1 fully saturated rings. The number of hydrogen-bond donors (Lipinski definition) is 2. The summed E-state index contributed by atoms with van der Waals surface area (Å²) < 4.78 is 4.81. The first-order valence-electron chi connectivity index (χ1n) is 5.75. The fourth-order valence-corrected chi connectivity index (χ4v) is 2.19. The van der Waals surface area contributed by atoms with Crippen molar-refractivity contribution in [2.75, 3.05) is 26.3 Å². The van der Waals surface area contributed by atoms with Crippen LogP contribution in [0.1, 0.15) is 26.2 Å². The summed E-state index contributed by atoms with van der Waals surface area (Å²) in [5.41, 5.74) is 0. The maximum Gasteiger partial charge on any atom is 0.319 e. The lowest BCUT2D eigenvalue weighted by Gasteiger charge is -2.17. The molecule has 0 spiro atoms. The Morgan fingerprint density at radius 3 is 2.87 bits per heavy atom. The quantitative estimate of drug-likeness (QED) is 0.635. The number of nitrogens with one attached hydrogen (secondary N) is 1. The van der Waals surface area contributed by atoms with E-state index in [1.807, 2.05) is 0 Å². The van der Waals surface area contributed by atoms with Crippen LogP contribution in [0.5, 0.6) is 0 Å². The van der Waals surface area contributed by atoms with Gasteiger partial charge in [-0.15, -0.1) is 0 Å². The van der Waals surface area contributed by atoms with Crippen LogP contribution in [0, 0.1) is 11.8 Å². The van der Waals surface area contributed by atoms with Gasteiger partial charge in [0.2, 0.25) is 0 Å². The molecule has 2 N–H and O–H groups in total. The van der Waals surface area contributed by atoms with E-state index in [1.165, 1.54) is 6.42 Å². The van der Waals surface area contributed by atoms with Gasteiger partial charge >= 0.3 is 5.97 Å². The molecule has 0 saturated heterocycles. The van der Waals surface area contributed by atoms with Crippen molar-refractivity contribution in [1.29, 1.82) is 0 Å². The average Bonchev–Trinajstić information content (AvgIpc) is 2.66. The smallest absolute Gasteiger partial charge is 0.319 e. The van der Waals surface area contributed by atoms with Crippen LogP contribution in [-0.2, 0) is 9.53 Å². The van der Waals surface area contributed by atoms with Crippen LogP contribution >= 0.6 is 0 Å². The van der Waals surface area contributed by atoms with Crippen LogP contribution in [0.25, 0.3) is 0 Å². The number of carbonyl (C=O) groups excluding carboxylic acids is 1. The molecule has 0 radical (unpaired) electrons. The van der Waals surface area contributed by atoms with Crippen LogP contribution in [0.3, 0.4) is 0 Å². The molecule has 0 aromatic rings. The van der Waals surface area contributed by atoms with Gasteiger partial charge in [0.05, 0.1) is 13.2 Å². The van der Waals surface area contributed by atoms with Crippen LogP contribution in [0.15, 0.2) is 0 Å². The van der Waals surface area contributed by atoms with Gasteiger partial charge in [-0.1, -0.05) is 6.42 Å². The lowest BCUT2D eigenvalue weighted by Crippen LogP contribution is -2.31. The Hall–Kier alpha value is -0.610. The van der Waals surface area contributed by atoms with Gasteiger partial charge in [-0.2, -0.15) is 0 Å². The molecule has 0 aromatic carbocycles. The average molecular weight is 215 g/mol. The molecule has 0 bridgehead atoms. The first kappa shape index (κ1) is 12.5. The summed E-state index contributed by atoms with van der Waals surface area (Å²) in [6.45, 7) is 3.60. The van der Waals surface area contributed by atoms with Crippen LogP contribution in [-0.4, -0.2) is 37.4 Å². The normalized spacial score (nSPS) is 25.5. The minimum Gasteiger partial charge on any atom is -0.465 e. The van der Waals surface area contributed by atoms with E-state index in [-0.39, 0.29) is 19.1 Å². The van der Waals surface area contributed by atoms with Crippen molar-refractivity contribution >= 4 is 5.97 Å². The largest absolute Gasteiger partial charge is 0.465 e. The summed E-state index contributed by atoms with van der Waals surface area (Å²) in [6.07, 6.45) is 3.46. The Bertz CT molecular complexity index is 196. The highest BCUT2D eigenvalue weighted by atomic mass is 16.5. The summed E-state index contributed by atoms with van der Waals surface area (Å²) >= 11 is 0. The lowest BCUT2D eigenvalue weighted by atomic mass is 9.97. The number of esters is 1. The van der Waals surface area contributed by atoms with Gasteiger partial charge in [0, 0.05) is 6.61 Å². The number of hydrogen-bond acceptors (Lipinski definition) is 4. The molecule has 1 aliphatic carbocycles. The van der Waals surface area contributed by atoms with Crippen molar-refractivity contribution in [3.05, 3.63) is 0 Å². The summed E-state index contributed by atoms with van der Waals surface area (Å²) in [6, 6.07) is 0. The number of rotatable bonds is 6. The first-order valence-corrected chi connectivity index (χ1v) is 5.75. The Morgan fingerprint density at radius 2 is 2.20 bits per heavy atom. The molecular formula is C11H21NO3. The third kappa shape index (κ3) is 4.18. The van der Waals surface area contributed by atoms with Crippen molar-refractivity contribution in [1.82, 2.24) is 5.32 Å². The summed E-state index contributed by atoms with van der Waals surface area (Å²) in [7, 11) is 0. The predicted octanol–water partition coefficient (Wildman–Crippen LogP) is 0.548. The number of ether oxygens (including phenoxy) is 1. The SMILES string of the molecule is CCOC(=O)CNCC1CCCC1CO. The molecule has 1 saturated carbocycles. The Kier molecular flexibility index (Phi) is 5.65. The Balaban J connectivity index is 2.11. The van der Waals surface area contributed by atoms with Crippen LogP contribution in [0.4, 0.5) is 0 Å². The zero-order chi connectivity index (χ0) is 11.1. The highest BCUT2D eigenvalue weighted by molar-refractivity contribution is 5.71. The zero-order valence-corrected chi connectivity index (χ0v) is 9.37. The highest BCUT2D eigenvalue weighted by Crippen LogP contribution is 2.30. The fourth-order valence-electron chi connectivity index (χ4n) is 2.19. The third-order valence-corrected chi connectivity index (χ3v) is 3.03. The van der Waals surface area contributed by atoms with Crippen LogP contribution in [0.2, 0.25) is 0 Å². The molecule has 88 valence electrons. The number of aliphatic hydroxyl groups excluding tert-OH is 1. The van der Waals surface area contributed by atoms with Gasteiger partial charge in [0.1, 0.15) is 0 Å². The summed E-state index contributed by atoms with van der Waals surface area (Å²) in [5.74, 6) is 0.736. The van der Waals surface area contributed by atoms with Gasteiger partial charge < -0.3 is 15.2 Å². The molecule has 15 heavy (non-hydrogen) atoms. The highest BCUT2D eigenvalue weighted by Gasteiger charge is 2.26. The maximum absolute atomic E-state index is 11.0. The molecule has 0 amide bonds. The van der Waals surface area contributed by atoms with E-state index < -0.39 is 0 Å². The summed E-state index contributed by atoms with van der Waals surface area (Å²) in [5, 5.41) is 12.2. The van der Waals surface area contributed by atoms with E-state index in [0.29, 0.717) is 18.4 Å². The number of aliphatic hydroxyl groups is 1. The van der Waals surface area contributed by atoms with E-state index in [4.69, 9.17) is 9.84 Å². The predicted molar refractivity (Wildman–Crippen MR) is 57.4 cm³/mol. The van der Waals surface area contributed by atoms with Crippen molar-refractivity contribution in [3.63, 3.8) is 0 Å². The second-order valence-electron chi connectivity index (χ2n) is 4.07. The van der Waals surface area contributed by atoms with Crippen molar-refractivity contribution < 1.29 is 14.6 Å². The Labute approximate surface area is 91.0 Å². The van der Waals surface area contributed by atoms with Crippen molar-refractivity contribution in [2.45, 2.75) is 26.2 Å². The molecule has 1 aliphatic rings. The van der Waals surface area contributed by atoms with Gasteiger partial charge in [-0.3, -0.25) is 4.79 Å². The van der Waals surface area contributed by atoms with Gasteiger partial charge in [-0.05, 0) is 38.1 Å². The van der Waals surface area contributed by atoms with E-state index in [0.717, 1.165) is 19.4 Å². The molecule has 0 aliphatic heterocycles. The molecule has 0 aromatic heterocycles. The lowest BCUT2D eigenvalue weighted by molar-refractivity contribution is -0.142. The van der Waals surface area contributed by atoms with Gasteiger partial charge in [0.15, 0.2) is 0 Å². The van der Waals surface area contributed by atoms with Gasteiger partial charge in [0.25, 0.3) is 0 Å². The number of carbonyl (C=O) groups is 1. The van der Waals surface area contributed by atoms with E-state index in [9.17, 15) is 4.79 Å². The topological polar surface area (TPSA) is 58.6 Å². The zero-order valence-electron chi connectivity index (χ0n) is 9.37. The van der Waals surface area contributed by atoms with Crippen molar-refractivity contribution in [3.8, 4) is 0 Å². The maximum atomic E-state index is 11.0. The standard InChI is InChI=1S/C11H21NO3/c1-2-15-11(14)7-12-6-9-4-3-5-10(9)8-13/h9-10,12-13H,2-8H2,1H3. The van der Waals surface area contributed by atoms with E-state index in [2.05, 4.69) is 5.32 Å². The second-order valence-corrected chi connectivity index (χ2v) is 4.07. The molecular weight excluding hydrogens is 194 g/mol. The minimum atomic E-state index is -0.198. The van der Waals surface area contributed by atoms with Crippen molar-refractivity contribution in [2.24, 2.45) is 11.8 Å². The van der Waals surface area contributed by atoms with E-state index >= 15 is 0 Å². The monoisotopic (exact) mass is 215 g/mol. The second kappa shape index (κ2) is 6.80.